The lowest BCUT2D eigenvalue weighted by Crippen LogP contribution is -2.39. The van der Waals surface area contributed by atoms with Gasteiger partial charge in [-0.2, -0.15) is 5.10 Å². The van der Waals surface area contributed by atoms with Gasteiger partial charge in [0.05, 0.1) is 25.0 Å². The Hall–Kier alpha value is -2.74. The Labute approximate surface area is 177 Å². The smallest absolute Gasteiger partial charge is 0.268 e. The largest absolute Gasteiger partial charge is 0.383 e. The predicted octanol–water partition coefficient (Wildman–Crippen LogP) is 1.94. The van der Waals surface area contributed by atoms with E-state index in [1.54, 1.807) is 31.8 Å². The zero-order valence-electron chi connectivity index (χ0n) is 17.9. The molecule has 3 heterocycles. The van der Waals surface area contributed by atoms with E-state index in [-0.39, 0.29) is 17.4 Å². The minimum absolute atomic E-state index is 0.128. The molecule has 1 atom stereocenters. The van der Waals surface area contributed by atoms with Crippen LogP contribution in [0, 0.1) is 5.92 Å². The van der Waals surface area contributed by atoms with Crippen molar-refractivity contribution in [3.05, 3.63) is 52.7 Å². The van der Waals surface area contributed by atoms with E-state index in [1.165, 1.54) is 4.68 Å². The highest BCUT2D eigenvalue weighted by molar-refractivity contribution is 5.76. The van der Waals surface area contributed by atoms with E-state index in [0.29, 0.717) is 32.7 Å². The third kappa shape index (κ3) is 5.89. The number of aromatic nitrogens is 3. The van der Waals surface area contributed by atoms with Crippen LogP contribution in [0.15, 0.2) is 41.6 Å². The van der Waals surface area contributed by atoms with Crippen LogP contribution >= 0.6 is 0 Å². The first-order chi connectivity index (χ1) is 14.6. The highest BCUT2D eigenvalue weighted by atomic mass is 16.5. The summed E-state index contributed by atoms with van der Waals surface area (Å²) in [6.45, 7) is 5.84. The van der Waals surface area contributed by atoms with Gasteiger partial charge in [-0.05, 0) is 43.4 Å². The summed E-state index contributed by atoms with van der Waals surface area (Å²) in [6.07, 6.45) is 7.79. The Morgan fingerprint density at radius 3 is 2.83 bits per heavy atom. The second-order valence-corrected chi connectivity index (χ2v) is 7.69. The topological polar surface area (TPSA) is 80.6 Å². The van der Waals surface area contributed by atoms with E-state index in [2.05, 4.69) is 15.0 Å². The first kappa shape index (κ1) is 22.0. The predicted molar refractivity (Wildman–Crippen MR) is 115 cm³/mol. The van der Waals surface area contributed by atoms with Crippen molar-refractivity contribution in [3.63, 3.8) is 0 Å². The van der Waals surface area contributed by atoms with Crippen LogP contribution in [0.2, 0.25) is 0 Å². The summed E-state index contributed by atoms with van der Waals surface area (Å²) in [4.78, 5) is 33.3. The van der Waals surface area contributed by atoms with E-state index in [4.69, 9.17) is 4.74 Å². The first-order valence-corrected chi connectivity index (χ1v) is 10.6. The minimum atomic E-state index is -0.128. The maximum absolute atomic E-state index is 12.9. The van der Waals surface area contributed by atoms with E-state index >= 15 is 0 Å². The number of ether oxygens (including phenoxy) is 1. The molecule has 1 unspecified atom stereocenters. The molecule has 162 valence electrons. The van der Waals surface area contributed by atoms with Crippen LogP contribution in [0.5, 0.6) is 0 Å². The molecule has 8 heteroatoms. The van der Waals surface area contributed by atoms with Gasteiger partial charge in [0, 0.05) is 58.2 Å². The summed E-state index contributed by atoms with van der Waals surface area (Å²) in [5.41, 5.74) is 1.79. The third-order valence-electron chi connectivity index (χ3n) is 5.57. The maximum Gasteiger partial charge on any atom is 0.268 e. The van der Waals surface area contributed by atoms with Crippen molar-refractivity contribution in [2.75, 3.05) is 38.3 Å². The molecular weight excluding hydrogens is 382 g/mol. The van der Waals surface area contributed by atoms with Crippen molar-refractivity contribution >= 4 is 11.6 Å². The fourth-order valence-electron chi connectivity index (χ4n) is 3.87. The fraction of sp³-hybridized carbons (Fsp3) is 0.545. The number of carbonyl (C=O) groups excluding carboxylic acids is 1. The molecule has 1 aliphatic heterocycles. The van der Waals surface area contributed by atoms with Crippen LogP contribution in [-0.2, 0) is 22.6 Å². The number of methoxy groups -OCH3 is 1. The van der Waals surface area contributed by atoms with Gasteiger partial charge in [-0.25, -0.2) is 4.68 Å². The number of carbonyl (C=O) groups is 1. The fourth-order valence-corrected chi connectivity index (χ4v) is 3.87. The molecule has 0 saturated carbocycles. The van der Waals surface area contributed by atoms with Gasteiger partial charge in [0.15, 0.2) is 0 Å². The quantitative estimate of drug-likeness (QED) is 0.625. The number of hydrogen-bond donors (Lipinski definition) is 0. The number of pyridine rings is 1. The first-order valence-electron chi connectivity index (χ1n) is 10.6. The van der Waals surface area contributed by atoms with E-state index in [9.17, 15) is 9.59 Å². The molecule has 0 bridgehead atoms. The highest BCUT2D eigenvalue weighted by Gasteiger charge is 2.25. The number of amides is 1. The van der Waals surface area contributed by atoms with Crippen molar-refractivity contribution in [2.45, 2.75) is 39.3 Å². The normalized spacial score (nSPS) is 16.5. The summed E-state index contributed by atoms with van der Waals surface area (Å²) in [5, 5.41) is 4.27. The lowest BCUT2D eigenvalue weighted by molar-refractivity contribution is -0.132. The summed E-state index contributed by atoms with van der Waals surface area (Å²) in [6, 6.07) is 5.52. The minimum Gasteiger partial charge on any atom is -0.383 e. The Morgan fingerprint density at radius 1 is 1.33 bits per heavy atom. The zero-order chi connectivity index (χ0) is 21.3. The monoisotopic (exact) mass is 413 g/mol. The van der Waals surface area contributed by atoms with Gasteiger partial charge in [0.1, 0.15) is 0 Å². The van der Waals surface area contributed by atoms with Crippen molar-refractivity contribution in [1.29, 1.82) is 0 Å². The molecule has 0 aromatic carbocycles. The van der Waals surface area contributed by atoms with Crippen molar-refractivity contribution in [2.24, 2.45) is 5.92 Å². The Kier molecular flexibility index (Phi) is 7.96. The van der Waals surface area contributed by atoms with Gasteiger partial charge in [0.2, 0.25) is 5.91 Å². The van der Waals surface area contributed by atoms with E-state index < -0.39 is 0 Å². The van der Waals surface area contributed by atoms with Gasteiger partial charge >= 0.3 is 0 Å². The molecule has 2 aromatic rings. The molecule has 1 amide bonds. The SMILES string of the molecule is CCN(Cc1ccncc1)C(=O)CC1CCCN(c2cnn(CCOC)c(=O)c2)C1. The molecule has 0 radical (unpaired) electrons. The van der Waals surface area contributed by atoms with E-state index in [0.717, 1.165) is 37.2 Å². The number of nitrogens with zero attached hydrogens (tertiary/aromatic N) is 5. The lowest BCUT2D eigenvalue weighted by Gasteiger charge is -2.34. The second-order valence-electron chi connectivity index (χ2n) is 7.69. The van der Waals surface area contributed by atoms with Gasteiger partial charge < -0.3 is 14.5 Å². The summed E-state index contributed by atoms with van der Waals surface area (Å²) in [7, 11) is 1.60. The average Bonchev–Trinajstić information content (AvgIpc) is 2.77. The molecule has 1 aliphatic rings. The van der Waals surface area contributed by atoms with Crippen molar-refractivity contribution in [3.8, 4) is 0 Å². The van der Waals surface area contributed by atoms with Gasteiger partial charge in [-0.1, -0.05) is 0 Å². The molecule has 2 aromatic heterocycles. The van der Waals surface area contributed by atoms with Crippen LogP contribution in [-0.4, -0.2) is 58.9 Å². The van der Waals surface area contributed by atoms with Crippen LogP contribution < -0.4 is 10.5 Å². The Balaban J connectivity index is 1.59. The van der Waals surface area contributed by atoms with Gasteiger partial charge in [0.25, 0.3) is 5.56 Å². The Bertz CT molecular complexity index is 871. The number of anilines is 1. The molecule has 8 nitrogen and oxygen atoms in total. The number of hydrogen-bond acceptors (Lipinski definition) is 6. The van der Waals surface area contributed by atoms with Crippen LogP contribution in [0.1, 0.15) is 31.7 Å². The summed E-state index contributed by atoms with van der Waals surface area (Å²) >= 11 is 0. The lowest BCUT2D eigenvalue weighted by atomic mass is 9.94. The molecule has 0 N–H and O–H groups in total. The van der Waals surface area contributed by atoms with Crippen LogP contribution in [0.25, 0.3) is 0 Å². The summed E-state index contributed by atoms with van der Waals surface area (Å²) < 4.78 is 6.43. The molecule has 3 rings (SSSR count). The maximum atomic E-state index is 12.9. The molecule has 1 fully saturated rings. The van der Waals surface area contributed by atoms with Crippen molar-refractivity contribution < 1.29 is 9.53 Å². The average molecular weight is 414 g/mol. The van der Waals surface area contributed by atoms with Crippen LogP contribution in [0.3, 0.4) is 0 Å². The van der Waals surface area contributed by atoms with Gasteiger partial charge in [-0.15, -0.1) is 0 Å². The zero-order valence-corrected chi connectivity index (χ0v) is 17.9. The molecule has 0 spiro atoms. The summed E-state index contributed by atoms with van der Waals surface area (Å²) in [5.74, 6) is 0.447. The van der Waals surface area contributed by atoms with Gasteiger partial charge in [-0.3, -0.25) is 14.6 Å². The molecule has 0 aliphatic carbocycles. The standard InChI is InChI=1S/C22H31N5O3/c1-3-25(16-18-6-8-23-9-7-18)21(28)13-19-5-4-10-26(17-19)20-14-22(29)27(24-15-20)11-12-30-2/h6-9,14-15,19H,3-5,10-13,16-17H2,1-2H3. The number of piperidine rings is 1. The molecule has 1 saturated heterocycles. The molecule has 30 heavy (non-hydrogen) atoms. The molecular formula is C22H31N5O3. The number of rotatable bonds is 9. The Morgan fingerprint density at radius 2 is 2.13 bits per heavy atom. The second kappa shape index (κ2) is 10.9. The highest BCUT2D eigenvalue weighted by Crippen LogP contribution is 2.24. The van der Waals surface area contributed by atoms with E-state index in [1.807, 2.05) is 24.0 Å². The van der Waals surface area contributed by atoms with Crippen molar-refractivity contribution in [1.82, 2.24) is 19.7 Å². The third-order valence-corrected chi connectivity index (χ3v) is 5.57. The van der Waals surface area contributed by atoms with Crippen LogP contribution in [0.4, 0.5) is 5.69 Å².